The van der Waals surface area contributed by atoms with Crippen molar-refractivity contribution in [2.24, 2.45) is 5.92 Å². The summed E-state index contributed by atoms with van der Waals surface area (Å²) in [6.07, 6.45) is 5.61. The van der Waals surface area contributed by atoms with Gasteiger partial charge in [0.2, 0.25) is 0 Å². The highest BCUT2D eigenvalue weighted by atomic mass is 35.5. The fourth-order valence-corrected chi connectivity index (χ4v) is 4.79. The number of urea groups is 1. The smallest absolute Gasteiger partial charge is 0.320 e. The van der Waals surface area contributed by atoms with Gasteiger partial charge in [-0.2, -0.15) is 0 Å². The fourth-order valence-electron chi connectivity index (χ4n) is 4.62. The summed E-state index contributed by atoms with van der Waals surface area (Å²) in [5.41, 5.74) is 6.60. The van der Waals surface area contributed by atoms with Gasteiger partial charge in [0.1, 0.15) is 5.75 Å². The highest BCUT2D eigenvalue weighted by Gasteiger charge is 2.28. The molecule has 1 aromatic carbocycles. The van der Waals surface area contributed by atoms with E-state index in [0.29, 0.717) is 34.5 Å². The lowest BCUT2D eigenvalue weighted by Crippen LogP contribution is -2.48. The summed E-state index contributed by atoms with van der Waals surface area (Å²) in [7, 11) is 3.33. The number of methoxy groups -OCH3 is 1. The molecule has 0 atom stereocenters. The summed E-state index contributed by atoms with van der Waals surface area (Å²) >= 11 is 6.10. The summed E-state index contributed by atoms with van der Waals surface area (Å²) in [5.74, 6) is 0.837. The third-order valence-corrected chi connectivity index (χ3v) is 6.94. The molecule has 33 heavy (non-hydrogen) atoms. The molecule has 8 nitrogen and oxygen atoms in total. The Morgan fingerprint density at radius 3 is 2.52 bits per heavy atom. The minimum atomic E-state index is -0.189. The molecule has 2 fully saturated rings. The van der Waals surface area contributed by atoms with E-state index in [2.05, 4.69) is 16.8 Å². The molecule has 0 unspecified atom stereocenters. The predicted molar refractivity (Wildman–Crippen MR) is 132 cm³/mol. The molecule has 0 radical (unpaired) electrons. The Balaban J connectivity index is 1.42. The number of halogens is 1. The van der Waals surface area contributed by atoms with Crippen molar-refractivity contribution in [2.45, 2.75) is 31.7 Å². The van der Waals surface area contributed by atoms with Crippen LogP contribution in [0.3, 0.4) is 0 Å². The summed E-state index contributed by atoms with van der Waals surface area (Å²) < 4.78 is 5.30. The van der Waals surface area contributed by atoms with Gasteiger partial charge in [-0.3, -0.25) is 4.79 Å². The lowest BCUT2D eigenvalue weighted by atomic mass is 9.94. The van der Waals surface area contributed by atoms with Crippen LogP contribution in [0.15, 0.2) is 24.8 Å². The molecule has 3 N–H and O–H groups in total. The van der Waals surface area contributed by atoms with Crippen LogP contribution in [0.5, 0.6) is 5.75 Å². The van der Waals surface area contributed by atoms with Gasteiger partial charge >= 0.3 is 6.03 Å². The van der Waals surface area contributed by atoms with E-state index in [1.54, 1.807) is 23.1 Å². The normalized spacial score (nSPS) is 18.1. The number of ether oxygens (including phenoxy) is 1. The molecular formula is C24H36ClN5O3. The van der Waals surface area contributed by atoms with Gasteiger partial charge in [0.05, 0.1) is 23.4 Å². The maximum Gasteiger partial charge on any atom is 0.320 e. The van der Waals surface area contributed by atoms with Gasteiger partial charge in [-0.1, -0.05) is 17.7 Å². The number of nitrogens with zero attached hydrogens (tertiary/aromatic N) is 3. The number of carbonyl (C=O) groups is 2. The van der Waals surface area contributed by atoms with Gasteiger partial charge in [0.25, 0.3) is 5.91 Å². The van der Waals surface area contributed by atoms with Gasteiger partial charge in [-0.05, 0) is 37.7 Å². The Hall–Kier alpha value is -2.45. The van der Waals surface area contributed by atoms with E-state index in [-0.39, 0.29) is 18.0 Å². The highest BCUT2D eigenvalue weighted by Crippen LogP contribution is 2.29. The summed E-state index contributed by atoms with van der Waals surface area (Å²) in [5, 5.41) is 3.46. The lowest BCUT2D eigenvalue weighted by Gasteiger charge is -2.38. The number of hydrogen-bond donors (Lipinski definition) is 2. The second kappa shape index (κ2) is 11.6. The second-order valence-corrected chi connectivity index (χ2v) is 9.41. The standard InChI is InChI=1S/C24H36ClN5O3/c1-4-9-28(2)24(32)30-12-5-17(6-13-30)16-29-10-7-18(8-11-29)27-23(31)19-14-20(25)21(26)15-22(19)33-3/h4,14-15,17-18H,1,5-13,16,26H2,2-3H3,(H,27,31). The molecule has 2 aliphatic heterocycles. The quantitative estimate of drug-likeness (QED) is 0.465. The van der Waals surface area contributed by atoms with E-state index < -0.39 is 0 Å². The molecule has 0 spiro atoms. The van der Waals surface area contributed by atoms with Crippen LogP contribution in [0, 0.1) is 5.92 Å². The van der Waals surface area contributed by atoms with E-state index >= 15 is 0 Å². The number of rotatable bonds is 7. The molecule has 0 aliphatic carbocycles. The van der Waals surface area contributed by atoms with E-state index in [1.807, 2.05) is 11.9 Å². The van der Waals surface area contributed by atoms with Crippen LogP contribution in [0.25, 0.3) is 0 Å². The van der Waals surface area contributed by atoms with Crippen LogP contribution in [-0.4, -0.2) is 86.1 Å². The topological polar surface area (TPSA) is 91.1 Å². The number of likely N-dealkylation sites (N-methyl/N-ethyl adjacent to an activating group) is 1. The average Bonchev–Trinajstić information content (AvgIpc) is 2.82. The average molecular weight is 478 g/mol. The number of piperidine rings is 2. The van der Waals surface area contributed by atoms with Crippen LogP contribution < -0.4 is 15.8 Å². The molecule has 1 aromatic rings. The van der Waals surface area contributed by atoms with E-state index in [4.69, 9.17) is 22.1 Å². The first-order chi connectivity index (χ1) is 15.8. The third-order valence-electron chi connectivity index (χ3n) is 6.62. The number of carbonyl (C=O) groups excluding carboxylic acids is 2. The fraction of sp³-hybridized carbons (Fsp3) is 0.583. The number of nitrogens with two attached hydrogens (primary N) is 1. The van der Waals surface area contributed by atoms with Crippen molar-refractivity contribution in [3.05, 3.63) is 35.4 Å². The van der Waals surface area contributed by atoms with Gasteiger partial charge in [0.15, 0.2) is 0 Å². The summed E-state index contributed by atoms with van der Waals surface area (Å²) in [6.45, 7) is 8.84. The molecule has 0 saturated carbocycles. The van der Waals surface area contributed by atoms with Crippen molar-refractivity contribution in [3.8, 4) is 5.75 Å². The molecule has 2 aliphatic rings. The maximum absolute atomic E-state index is 12.8. The lowest BCUT2D eigenvalue weighted by molar-refractivity contribution is 0.0887. The van der Waals surface area contributed by atoms with Crippen LogP contribution in [-0.2, 0) is 0 Å². The van der Waals surface area contributed by atoms with E-state index in [9.17, 15) is 9.59 Å². The van der Waals surface area contributed by atoms with Gasteiger partial charge in [0, 0.05) is 58.4 Å². The monoisotopic (exact) mass is 477 g/mol. The van der Waals surface area contributed by atoms with Gasteiger partial charge < -0.3 is 30.5 Å². The van der Waals surface area contributed by atoms with E-state index in [0.717, 1.165) is 58.4 Å². The second-order valence-electron chi connectivity index (χ2n) is 9.00. The number of amides is 3. The molecule has 3 rings (SSSR count). The Labute approximate surface area is 201 Å². The predicted octanol–water partition coefficient (Wildman–Crippen LogP) is 3.07. The minimum Gasteiger partial charge on any atom is -0.496 e. The van der Waals surface area contributed by atoms with Crippen molar-refractivity contribution < 1.29 is 14.3 Å². The van der Waals surface area contributed by atoms with E-state index in [1.165, 1.54) is 7.11 Å². The first kappa shape index (κ1) is 25.2. The van der Waals surface area contributed by atoms with Crippen molar-refractivity contribution in [1.29, 1.82) is 0 Å². The van der Waals surface area contributed by atoms with Crippen molar-refractivity contribution in [1.82, 2.24) is 20.0 Å². The molecule has 9 heteroatoms. The molecule has 2 heterocycles. The molecular weight excluding hydrogens is 442 g/mol. The number of hydrogen-bond acceptors (Lipinski definition) is 5. The van der Waals surface area contributed by atoms with Gasteiger partial charge in [-0.25, -0.2) is 4.79 Å². The first-order valence-electron chi connectivity index (χ1n) is 11.6. The highest BCUT2D eigenvalue weighted by molar-refractivity contribution is 6.33. The summed E-state index contributed by atoms with van der Waals surface area (Å²) in [6, 6.07) is 3.35. The zero-order valence-corrected chi connectivity index (χ0v) is 20.4. The number of nitrogens with one attached hydrogen (secondary N) is 1. The van der Waals surface area contributed by atoms with Gasteiger partial charge in [-0.15, -0.1) is 6.58 Å². The Bertz CT molecular complexity index is 849. The molecule has 2 saturated heterocycles. The molecule has 182 valence electrons. The Kier molecular flexibility index (Phi) is 8.86. The van der Waals surface area contributed by atoms with Crippen LogP contribution in [0.4, 0.5) is 10.5 Å². The van der Waals surface area contributed by atoms with Crippen LogP contribution in [0.1, 0.15) is 36.0 Å². The van der Waals surface area contributed by atoms with Crippen molar-refractivity contribution in [2.75, 3.05) is 59.2 Å². The molecule has 0 aromatic heterocycles. The summed E-state index contributed by atoms with van der Waals surface area (Å²) in [4.78, 5) is 31.3. The minimum absolute atomic E-state index is 0.0870. The number of benzene rings is 1. The maximum atomic E-state index is 12.8. The Morgan fingerprint density at radius 2 is 1.91 bits per heavy atom. The Morgan fingerprint density at radius 1 is 1.24 bits per heavy atom. The largest absolute Gasteiger partial charge is 0.496 e. The zero-order chi connectivity index (χ0) is 24.0. The third kappa shape index (κ3) is 6.54. The molecule has 0 bridgehead atoms. The molecule has 3 amide bonds. The van der Waals surface area contributed by atoms with Crippen molar-refractivity contribution >= 4 is 29.2 Å². The SMILES string of the molecule is C=CCN(C)C(=O)N1CCC(CN2CCC(NC(=O)c3cc(Cl)c(N)cc3OC)CC2)CC1. The van der Waals surface area contributed by atoms with Crippen LogP contribution in [0.2, 0.25) is 5.02 Å². The van der Waals surface area contributed by atoms with Crippen molar-refractivity contribution in [3.63, 3.8) is 0 Å². The first-order valence-corrected chi connectivity index (χ1v) is 12.0. The number of anilines is 1. The zero-order valence-electron chi connectivity index (χ0n) is 19.7. The number of likely N-dealkylation sites (tertiary alicyclic amines) is 2. The van der Waals surface area contributed by atoms with Crippen LogP contribution >= 0.6 is 11.6 Å². The number of nitrogen functional groups attached to an aromatic ring is 1.